The molecule has 3 aromatic rings. The highest BCUT2D eigenvalue weighted by molar-refractivity contribution is 8.01. The predicted molar refractivity (Wildman–Crippen MR) is 197 cm³/mol. The van der Waals surface area contributed by atoms with Crippen LogP contribution in [0.15, 0.2) is 59.5 Å². The summed E-state index contributed by atoms with van der Waals surface area (Å²) < 4.78 is 17.5. The number of benzene rings is 2. The first kappa shape index (κ1) is 35.5. The van der Waals surface area contributed by atoms with Gasteiger partial charge in [-0.1, -0.05) is 63.2 Å². The quantitative estimate of drug-likeness (QED) is 0.263. The average molecular weight is 690 g/mol. The number of halogens is 1. The van der Waals surface area contributed by atoms with Crippen LogP contribution in [0.3, 0.4) is 0 Å². The number of thioether (sulfide) groups is 1. The number of piperidine rings is 1. The number of piperazine rings is 1. The minimum atomic E-state index is -0.463. The lowest BCUT2D eigenvalue weighted by atomic mass is 9.81. The summed E-state index contributed by atoms with van der Waals surface area (Å²) in [5, 5.41) is -0.665. The Labute approximate surface area is 294 Å². The number of hydrogen-bond donors (Lipinski definition) is 1. The highest BCUT2D eigenvalue weighted by Crippen LogP contribution is 2.53. The van der Waals surface area contributed by atoms with E-state index < -0.39 is 5.25 Å². The SMILES string of the molecule is CC(C)N1CCN(c2c(F)cccc2C2SC(CC(=O)N3CCC(n4cc(-c5ccccc5)[nH]c4=O)CC3)C(=O)C2CCC(C)(C)C)CC1. The van der Waals surface area contributed by atoms with Crippen LogP contribution in [0.5, 0.6) is 0 Å². The van der Waals surface area contributed by atoms with E-state index in [-0.39, 0.29) is 52.2 Å². The molecule has 10 heteroatoms. The topological polar surface area (TPSA) is 81.7 Å². The standard InChI is InChI=1S/C39H52FN5O3S/c1-26(2)42-20-22-44(23-21-42)35-29(12-9-13-31(35)40)37-30(14-17-39(3,4)5)36(47)33(49-37)24-34(46)43-18-15-28(16-19-43)45-25-32(41-38(45)48)27-10-7-6-8-11-27/h6-13,25-26,28,30,33,37H,14-24H2,1-5H3,(H,41,48). The largest absolute Gasteiger partial charge is 0.366 e. The number of rotatable bonds is 9. The van der Waals surface area contributed by atoms with E-state index in [0.717, 1.165) is 49.4 Å². The second-order valence-corrected chi connectivity index (χ2v) is 16.9. The lowest BCUT2D eigenvalue weighted by Gasteiger charge is -2.39. The molecule has 8 nitrogen and oxygen atoms in total. The Balaban J connectivity index is 1.15. The molecule has 3 saturated heterocycles. The van der Waals surface area contributed by atoms with E-state index >= 15 is 4.39 Å². The third-order valence-corrected chi connectivity index (χ3v) is 12.3. The number of aromatic nitrogens is 2. The van der Waals surface area contributed by atoms with Gasteiger partial charge in [0.2, 0.25) is 5.91 Å². The van der Waals surface area contributed by atoms with Crippen molar-refractivity contribution < 1.29 is 14.0 Å². The Morgan fingerprint density at radius 2 is 1.65 bits per heavy atom. The minimum Gasteiger partial charge on any atom is -0.366 e. The molecule has 3 aliphatic heterocycles. The van der Waals surface area contributed by atoms with Crippen LogP contribution in [0.25, 0.3) is 11.3 Å². The minimum absolute atomic E-state index is 0.00714. The molecule has 264 valence electrons. The molecule has 0 spiro atoms. The number of likely N-dealkylation sites (tertiary alicyclic amines) is 1. The predicted octanol–water partition coefficient (Wildman–Crippen LogP) is 6.93. The maximum absolute atomic E-state index is 15.7. The van der Waals surface area contributed by atoms with Crippen molar-refractivity contribution in [1.82, 2.24) is 19.4 Å². The Morgan fingerprint density at radius 1 is 0.959 bits per heavy atom. The van der Waals surface area contributed by atoms with Crippen molar-refractivity contribution in [3.05, 3.63) is 76.6 Å². The van der Waals surface area contributed by atoms with Crippen LogP contribution in [-0.2, 0) is 9.59 Å². The first-order chi connectivity index (χ1) is 23.4. The molecule has 0 saturated carbocycles. The fourth-order valence-corrected chi connectivity index (χ4v) is 9.43. The van der Waals surface area contributed by atoms with E-state index in [2.05, 4.69) is 49.4 Å². The number of Topliss-reactive ketones (excluding diaryl/α,β-unsaturated/α-hetero) is 1. The van der Waals surface area contributed by atoms with E-state index in [1.807, 2.05) is 47.5 Å². The molecule has 1 N–H and O–H groups in total. The highest BCUT2D eigenvalue weighted by Gasteiger charge is 2.46. The van der Waals surface area contributed by atoms with E-state index in [1.165, 1.54) is 6.07 Å². The maximum Gasteiger partial charge on any atom is 0.326 e. The van der Waals surface area contributed by atoms with Gasteiger partial charge in [-0.25, -0.2) is 9.18 Å². The number of H-pyrrole nitrogens is 1. The first-order valence-corrected chi connectivity index (χ1v) is 18.9. The van der Waals surface area contributed by atoms with Crippen molar-refractivity contribution in [1.29, 1.82) is 0 Å². The summed E-state index contributed by atoms with van der Waals surface area (Å²) in [6.45, 7) is 15.3. The number of nitrogens with one attached hydrogen (secondary N) is 1. The van der Waals surface area contributed by atoms with Crippen LogP contribution >= 0.6 is 11.8 Å². The van der Waals surface area contributed by atoms with Crippen LogP contribution in [0.2, 0.25) is 0 Å². The van der Waals surface area contributed by atoms with Gasteiger partial charge in [-0.2, -0.15) is 0 Å². The normalized spacial score (nSPS) is 22.8. The zero-order valence-electron chi connectivity index (χ0n) is 29.7. The number of amides is 1. The number of ketones is 1. The van der Waals surface area contributed by atoms with Gasteiger partial charge in [-0.15, -0.1) is 11.8 Å². The third-order valence-electron chi connectivity index (χ3n) is 10.6. The number of imidazole rings is 1. The van der Waals surface area contributed by atoms with E-state index in [4.69, 9.17) is 0 Å². The Kier molecular flexibility index (Phi) is 10.7. The molecule has 6 rings (SSSR count). The number of anilines is 1. The third kappa shape index (κ3) is 8.01. The van der Waals surface area contributed by atoms with Gasteiger partial charge >= 0.3 is 5.69 Å². The molecule has 1 aromatic heterocycles. The van der Waals surface area contributed by atoms with Gasteiger partial charge in [0.1, 0.15) is 5.82 Å². The molecule has 4 heterocycles. The Hall–Kier alpha value is -3.37. The summed E-state index contributed by atoms with van der Waals surface area (Å²) in [5.41, 5.74) is 3.18. The summed E-state index contributed by atoms with van der Waals surface area (Å²) in [5.74, 6) is -0.410. The van der Waals surface area contributed by atoms with Gasteiger partial charge in [0.05, 0.1) is 16.6 Å². The Morgan fingerprint density at radius 3 is 2.31 bits per heavy atom. The molecule has 3 unspecified atom stereocenters. The number of aromatic amines is 1. The van der Waals surface area contributed by atoms with Crippen LogP contribution in [0, 0.1) is 17.2 Å². The summed E-state index contributed by atoms with van der Waals surface area (Å²) in [6, 6.07) is 15.5. The lowest BCUT2D eigenvalue weighted by Crippen LogP contribution is -2.49. The molecule has 0 radical (unpaired) electrons. The van der Waals surface area contributed by atoms with Crippen molar-refractivity contribution in [3.8, 4) is 11.3 Å². The molecular formula is C39H52FN5O3S. The smallest absolute Gasteiger partial charge is 0.326 e. The van der Waals surface area contributed by atoms with Crippen LogP contribution in [-0.4, -0.2) is 81.6 Å². The summed E-state index contributed by atoms with van der Waals surface area (Å²) in [4.78, 5) is 50.1. The van der Waals surface area contributed by atoms with Crippen molar-refractivity contribution in [3.63, 3.8) is 0 Å². The molecule has 0 bridgehead atoms. The van der Waals surface area contributed by atoms with Crippen molar-refractivity contribution in [2.45, 2.75) is 89.3 Å². The second kappa shape index (κ2) is 14.9. The molecule has 0 aliphatic carbocycles. The van der Waals surface area contributed by atoms with Crippen molar-refractivity contribution in [2.24, 2.45) is 11.3 Å². The molecule has 3 fully saturated rings. The number of carbonyl (C=O) groups excluding carboxylic acids is 2. The van der Waals surface area contributed by atoms with Crippen LogP contribution in [0.4, 0.5) is 10.1 Å². The van der Waals surface area contributed by atoms with Gasteiger partial charge in [0.25, 0.3) is 0 Å². The zero-order chi connectivity index (χ0) is 34.9. The molecule has 3 atom stereocenters. The van der Waals surface area contributed by atoms with E-state index in [9.17, 15) is 14.4 Å². The summed E-state index contributed by atoms with van der Waals surface area (Å²) >= 11 is 1.56. The van der Waals surface area contributed by atoms with Crippen LogP contribution < -0.4 is 10.6 Å². The number of para-hydroxylation sites is 1. The molecule has 49 heavy (non-hydrogen) atoms. The summed E-state index contributed by atoms with van der Waals surface area (Å²) in [6.07, 6.45) is 4.97. The van der Waals surface area contributed by atoms with Gasteiger partial charge in [-0.05, 0) is 62.1 Å². The second-order valence-electron chi connectivity index (χ2n) is 15.5. The van der Waals surface area contributed by atoms with E-state index in [0.29, 0.717) is 44.1 Å². The van der Waals surface area contributed by atoms with Gasteiger partial charge < -0.3 is 14.8 Å². The fourth-order valence-electron chi connectivity index (χ4n) is 7.73. The monoisotopic (exact) mass is 689 g/mol. The number of nitrogens with zero attached hydrogens (tertiary/aromatic N) is 4. The number of hydrogen-bond acceptors (Lipinski definition) is 6. The van der Waals surface area contributed by atoms with Crippen molar-refractivity contribution in [2.75, 3.05) is 44.2 Å². The molecule has 1 amide bonds. The molecule has 3 aliphatic rings. The van der Waals surface area contributed by atoms with Crippen molar-refractivity contribution >= 4 is 29.1 Å². The van der Waals surface area contributed by atoms with Gasteiger partial charge in [0.15, 0.2) is 5.78 Å². The average Bonchev–Trinajstić information content (AvgIpc) is 3.62. The molecule has 2 aromatic carbocycles. The molecular weight excluding hydrogens is 638 g/mol. The fraction of sp³-hybridized carbons (Fsp3) is 0.564. The zero-order valence-corrected chi connectivity index (χ0v) is 30.5. The summed E-state index contributed by atoms with van der Waals surface area (Å²) in [7, 11) is 0. The first-order valence-electron chi connectivity index (χ1n) is 18.0. The number of carbonyl (C=O) groups is 2. The maximum atomic E-state index is 15.7. The Bertz CT molecular complexity index is 1670. The van der Waals surface area contributed by atoms with Crippen LogP contribution in [0.1, 0.15) is 83.6 Å². The van der Waals surface area contributed by atoms with Gasteiger partial charge in [-0.3, -0.25) is 19.1 Å². The van der Waals surface area contributed by atoms with Gasteiger partial charge in [0, 0.05) is 75.1 Å². The van der Waals surface area contributed by atoms with E-state index in [1.54, 1.807) is 22.4 Å². The lowest BCUT2D eigenvalue weighted by molar-refractivity contribution is -0.134. The highest BCUT2D eigenvalue weighted by atomic mass is 32.2.